The van der Waals surface area contributed by atoms with Crippen LogP contribution in [0.5, 0.6) is 11.5 Å². The van der Waals surface area contributed by atoms with Crippen LogP contribution in [0.2, 0.25) is 0 Å². The topological polar surface area (TPSA) is 69.7 Å². The second kappa shape index (κ2) is 6.82. The Hall–Kier alpha value is -3.06. The van der Waals surface area contributed by atoms with Crippen LogP contribution in [0.1, 0.15) is 16.1 Å². The standard InChI is InChI=1S/C18H14N2O4S/c21-17(12-6-7-15-16(8-12)24-11-23-15)22-9-14-10-25-18(20-14)19-13-4-2-1-3-5-13/h1-8,10H,9,11H2,(H,19,20). The van der Waals surface area contributed by atoms with Gasteiger partial charge in [0.05, 0.1) is 11.3 Å². The van der Waals surface area contributed by atoms with Crippen molar-refractivity contribution in [2.75, 3.05) is 12.1 Å². The van der Waals surface area contributed by atoms with Crippen LogP contribution >= 0.6 is 11.3 Å². The van der Waals surface area contributed by atoms with Gasteiger partial charge in [-0.1, -0.05) is 18.2 Å². The fourth-order valence-electron chi connectivity index (χ4n) is 2.32. The zero-order valence-corrected chi connectivity index (χ0v) is 13.9. The van der Waals surface area contributed by atoms with Gasteiger partial charge < -0.3 is 19.5 Å². The van der Waals surface area contributed by atoms with E-state index in [2.05, 4.69) is 10.3 Å². The summed E-state index contributed by atoms with van der Waals surface area (Å²) in [6.07, 6.45) is 0. The molecular formula is C18H14N2O4S. The highest BCUT2D eigenvalue weighted by molar-refractivity contribution is 7.13. The summed E-state index contributed by atoms with van der Waals surface area (Å²) in [6, 6.07) is 14.7. The summed E-state index contributed by atoms with van der Waals surface area (Å²) >= 11 is 1.46. The number of nitrogens with one attached hydrogen (secondary N) is 1. The third-order valence-electron chi connectivity index (χ3n) is 3.54. The molecule has 0 saturated carbocycles. The number of benzene rings is 2. The summed E-state index contributed by atoms with van der Waals surface area (Å²) in [5.41, 5.74) is 2.07. The molecule has 1 aromatic heterocycles. The number of esters is 1. The Morgan fingerprint density at radius 2 is 2.00 bits per heavy atom. The molecule has 1 N–H and O–H groups in total. The maximum atomic E-state index is 12.2. The molecule has 6 nitrogen and oxygen atoms in total. The van der Waals surface area contributed by atoms with E-state index in [0.717, 1.165) is 10.8 Å². The van der Waals surface area contributed by atoms with Crippen LogP contribution in [0.3, 0.4) is 0 Å². The Morgan fingerprint density at radius 3 is 2.88 bits per heavy atom. The Labute approximate surface area is 148 Å². The first-order valence-corrected chi connectivity index (χ1v) is 8.49. The molecule has 0 aliphatic carbocycles. The van der Waals surface area contributed by atoms with Crippen LogP contribution in [-0.4, -0.2) is 17.7 Å². The predicted molar refractivity (Wildman–Crippen MR) is 93.5 cm³/mol. The normalized spacial score (nSPS) is 12.0. The number of thiazole rings is 1. The Balaban J connectivity index is 1.36. The van der Waals surface area contributed by atoms with Gasteiger partial charge >= 0.3 is 5.97 Å². The molecule has 0 radical (unpaired) electrons. The van der Waals surface area contributed by atoms with E-state index in [4.69, 9.17) is 14.2 Å². The van der Waals surface area contributed by atoms with E-state index in [9.17, 15) is 4.79 Å². The van der Waals surface area contributed by atoms with Crippen LogP contribution in [0.25, 0.3) is 0 Å². The van der Waals surface area contributed by atoms with Crippen molar-refractivity contribution in [3.63, 3.8) is 0 Å². The second-order valence-electron chi connectivity index (χ2n) is 5.28. The monoisotopic (exact) mass is 354 g/mol. The molecule has 4 rings (SSSR count). The number of rotatable bonds is 5. The fourth-order valence-corrected chi connectivity index (χ4v) is 3.04. The van der Waals surface area contributed by atoms with Crippen LogP contribution < -0.4 is 14.8 Å². The number of carbonyl (C=O) groups is 1. The number of fused-ring (bicyclic) bond motifs is 1. The lowest BCUT2D eigenvalue weighted by molar-refractivity contribution is 0.0468. The Morgan fingerprint density at radius 1 is 1.16 bits per heavy atom. The molecule has 126 valence electrons. The second-order valence-corrected chi connectivity index (χ2v) is 6.14. The lowest BCUT2D eigenvalue weighted by atomic mass is 10.2. The van der Waals surface area contributed by atoms with E-state index >= 15 is 0 Å². The van der Waals surface area contributed by atoms with Gasteiger partial charge in [0.2, 0.25) is 6.79 Å². The summed E-state index contributed by atoms with van der Waals surface area (Å²) < 4.78 is 15.8. The van der Waals surface area contributed by atoms with Gasteiger partial charge in [0.15, 0.2) is 16.6 Å². The van der Waals surface area contributed by atoms with Crippen LogP contribution in [0, 0.1) is 0 Å². The number of hydrogen-bond acceptors (Lipinski definition) is 7. The van der Waals surface area contributed by atoms with Crippen LogP contribution in [-0.2, 0) is 11.3 Å². The number of hydrogen-bond donors (Lipinski definition) is 1. The average Bonchev–Trinajstić information content (AvgIpc) is 3.29. The summed E-state index contributed by atoms with van der Waals surface area (Å²) in [6.45, 7) is 0.282. The highest BCUT2D eigenvalue weighted by Gasteiger charge is 2.17. The van der Waals surface area contributed by atoms with Crippen molar-refractivity contribution >= 4 is 28.1 Å². The summed E-state index contributed by atoms with van der Waals surface area (Å²) in [5, 5.41) is 5.82. The molecule has 0 fully saturated rings. The zero-order chi connectivity index (χ0) is 17.1. The van der Waals surface area contributed by atoms with Gasteiger partial charge in [-0.05, 0) is 30.3 Å². The number of anilines is 2. The third kappa shape index (κ3) is 3.56. The SMILES string of the molecule is O=C(OCc1csc(Nc2ccccc2)n1)c1ccc2c(c1)OCO2. The van der Waals surface area contributed by atoms with Crippen molar-refractivity contribution in [3.05, 3.63) is 65.2 Å². The largest absolute Gasteiger partial charge is 0.456 e. The van der Waals surface area contributed by atoms with Crippen molar-refractivity contribution in [1.29, 1.82) is 0 Å². The lowest BCUT2D eigenvalue weighted by Crippen LogP contribution is -2.05. The van der Waals surface area contributed by atoms with Crippen molar-refractivity contribution in [2.24, 2.45) is 0 Å². The first-order chi connectivity index (χ1) is 12.3. The molecule has 3 aromatic rings. The molecule has 2 aromatic carbocycles. The van der Waals surface area contributed by atoms with Crippen molar-refractivity contribution < 1.29 is 19.0 Å². The van der Waals surface area contributed by atoms with E-state index in [-0.39, 0.29) is 13.4 Å². The molecule has 0 atom stereocenters. The molecule has 0 amide bonds. The first kappa shape index (κ1) is 15.5. The highest BCUT2D eigenvalue weighted by atomic mass is 32.1. The summed E-state index contributed by atoms with van der Waals surface area (Å²) in [5.74, 6) is 0.758. The molecule has 25 heavy (non-hydrogen) atoms. The van der Waals surface area contributed by atoms with Gasteiger partial charge in [-0.15, -0.1) is 11.3 Å². The van der Waals surface area contributed by atoms with Gasteiger partial charge in [0.1, 0.15) is 6.61 Å². The minimum atomic E-state index is -0.427. The van der Waals surface area contributed by atoms with Gasteiger partial charge in [-0.3, -0.25) is 0 Å². The molecular weight excluding hydrogens is 340 g/mol. The van der Waals surface area contributed by atoms with E-state index in [1.807, 2.05) is 35.7 Å². The molecule has 0 bridgehead atoms. The third-order valence-corrected chi connectivity index (χ3v) is 4.34. The van der Waals surface area contributed by atoms with Gasteiger partial charge in [-0.25, -0.2) is 9.78 Å². The summed E-state index contributed by atoms with van der Waals surface area (Å²) in [4.78, 5) is 16.6. The van der Waals surface area contributed by atoms with Crippen LogP contribution in [0.15, 0.2) is 53.9 Å². The number of aromatic nitrogens is 1. The molecule has 1 aliphatic rings. The van der Waals surface area contributed by atoms with Crippen molar-refractivity contribution in [3.8, 4) is 11.5 Å². The lowest BCUT2D eigenvalue weighted by Gasteiger charge is -2.04. The number of carbonyl (C=O) groups excluding carboxylic acids is 1. The number of ether oxygens (including phenoxy) is 3. The van der Waals surface area contributed by atoms with Gasteiger partial charge in [0.25, 0.3) is 0 Å². The maximum absolute atomic E-state index is 12.2. The molecule has 0 saturated heterocycles. The molecule has 1 aliphatic heterocycles. The molecule has 2 heterocycles. The van der Waals surface area contributed by atoms with Crippen molar-refractivity contribution in [2.45, 2.75) is 6.61 Å². The highest BCUT2D eigenvalue weighted by Crippen LogP contribution is 2.32. The maximum Gasteiger partial charge on any atom is 0.338 e. The van der Waals surface area contributed by atoms with Gasteiger partial charge in [-0.2, -0.15) is 0 Å². The molecule has 0 unspecified atom stereocenters. The quantitative estimate of drug-likeness (QED) is 0.699. The molecule has 0 spiro atoms. The van der Waals surface area contributed by atoms with E-state index in [1.165, 1.54) is 11.3 Å². The minimum absolute atomic E-state index is 0.111. The molecule has 7 heteroatoms. The van der Waals surface area contributed by atoms with Crippen LogP contribution in [0.4, 0.5) is 10.8 Å². The Kier molecular flexibility index (Phi) is 4.22. The van der Waals surface area contributed by atoms with E-state index in [1.54, 1.807) is 18.2 Å². The average molecular weight is 354 g/mol. The van der Waals surface area contributed by atoms with Crippen molar-refractivity contribution in [1.82, 2.24) is 4.98 Å². The smallest absolute Gasteiger partial charge is 0.338 e. The predicted octanol–water partition coefficient (Wildman–Crippen LogP) is 3.97. The van der Waals surface area contributed by atoms with E-state index < -0.39 is 5.97 Å². The minimum Gasteiger partial charge on any atom is -0.456 e. The number of nitrogens with zero attached hydrogens (tertiary/aromatic N) is 1. The zero-order valence-electron chi connectivity index (χ0n) is 13.1. The number of para-hydroxylation sites is 1. The Bertz CT molecular complexity index is 895. The summed E-state index contributed by atoms with van der Waals surface area (Å²) in [7, 11) is 0. The fraction of sp³-hybridized carbons (Fsp3) is 0.111. The first-order valence-electron chi connectivity index (χ1n) is 7.61. The van der Waals surface area contributed by atoms with E-state index in [0.29, 0.717) is 22.8 Å². The van der Waals surface area contributed by atoms with Gasteiger partial charge in [0, 0.05) is 11.1 Å².